The second-order valence-electron chi connectivity index (χ2n) is 3.86. The van der Waals surface area contributed by atoms with Crippen LogP contribution < -0.4 is 10.5 Å². The zero-order valence-corrected chi connectivity index (χ0v) is 11.2. The smallest absolute Gasteiger partial charge is 0.130 e. The summed E-state index contributed by atoms with van der Waals surface area (Å²) in [6.45, 7) is 2.55. The van der Waals surface area contributed by atoms with Crippen LogP contribution in [0.1, 0.15) is 11.1 Å². The number of rotatable bonds is 3. The second kappa shape index (κ2) is 5.34. The van der Waals surface area contributed by atoms with E-state index < -0.39 is 0 Å². The molecule has 2 N–H and O–H groups in total. The van der Waals surface area contributed by atoms with Gasteiger partial charge < -0.3 is 10.5 Å². The molecule has 0 saturated heterocycles. The largest absolute Gasteiger partial charge is 0.457 e. The van der Waals surface area contributed by atoms with Crippen LogP contribution >= 0.6 is 15.9 Å². The Kier molecular flexibility index (Phi) is 3.82. The first-order valence-corrected chi connectivity index (χ1v) is 6.21. The minimum atomic E-state index is 0.525. The molecular weight excluding hydrogens is 278 g/mol. The quantitative estimate of drug-likeness (QED) is 0.927. The predicted molar refractivity (Wildman–Crippen MR) is 73.3 cm³/mol. The normalized spacial score (nSPS) is 10.3. The SMILES string of the molecule is Cc1ccc(CN)cc1Oc1ccc(Br)cc1. The van der Waals surface area contributed by atoms with Gasteiger partial charge in [-0.05, 0) is 48.4 Å². The number of benzene rings is 2. The van der Waals surface area contributed by atoms with E-state index in [2.05, 4.69) is 15.9 Å². The molecule has 0 heterocycles. The molecule has 0 radical (unpaired) electrons. The molecule has 0 spiro atoms. The van der Waals surface area contributed by atoms with E-state index in [1.54, 1.807) is 0 Å². The first kappa shape index (κ1) is 12.1. The van der Waals surface area contributed by atoms with E-state index in [1.165, 1.54) is 0 Å². The highest BCUT2D eigenvalue weighted by atomic mass is 79.9. The van der Waals surface area contributed by atoms with Gasteiger partial charge in [-0.3, -0.25) is 0 Å². The van der Waals surface area contributed by atoms with E-state index in [0.717, 1.165) is 27.1 Å². The molecule has 0 unspecified atom stereocenters. The summed E-state index contributed by atoms with van der Waals surface area (Å²) < 4.78 is 6.87. The van der Waals surface area contributed by atoms with E-state index in [1.807, 2.05) is 49.4 Å². The Balaban J connectivity index is 2.25. The standard InChI is InChI=1S/C14H14BrNO/c1-10-2-3-11(9-16)8-14(10)17-13-6-4-12(15)5-7-13/h2-8H,9,16H2,1H3. The van der Waals surface area contributed by atoms with Crippen molar-refractivity contribution in [1.82, 2.24) is 0 Å². The predicted octanol–water partition coefficient (Wildman–Crippen LogP) is 4.01. The van der Waals surface area contributed by atoms with Crippen LogP contribution in [-0.4, -0.2) is 0 Å². The second-order valence-corrected chi connectivity index (χ2v) is 4.78. The van der Waals surface area contributed by atoms with E-state index in [4.69, 9.17) is 10.5 Å². The van der Waals surface area contributed by atoms with Crippen molar-refractivity contribution in [3.63, 3.8) is 0 Å². The maximum Gasteiger partial charge on any atom is 0.130 e. The summed E-state index contributed by atoms with van der Waals surface area (Å²) in [7, 11) is 0. The summed E-state index contributed by atoms with van der Waals surface area (Å²) in [5.41, 5.74) is 7.79. The summed E-state index contributed by atoms with van der Waals surface area (Å²) in [6, 6.07) is 13.8. The average Bonchev–Trinajstić information content (AvgIpc) is 2.35. The van der Waals surface area contributed by atoms with E-state index in [9.17, 15) is 0 Å². The third-order valence-corrected chi connectivity index (χ3v) is 3.06. The molecule has 0 amide bonds. The Morgan fingerprint density at radius 1 is 1.12 bits per heavy atom. The van der Waals surface area contributed by atoms with E-state index in [-0.39, 0.29) is 0 Å². The maximum atomic E-state index is 5.83. The molecule has 2 aromatic carbocycles. The lowest BCUT2D eigenvalue weighted by Crippen LogP contribution is -1.97. The first-order valence-electron chi connectivity index (χ1n) is 5.42. The molecule has 2 nitrogen and oxygen atoms in total. The summed E-state index contributed by atoms with van der Waals surface area (Å²) >= 11 is 3.40. The zero-order chi connectivity index (χ0) is 12.3. The summed E-state index contributed by atoms with van der Waals surface area (Å²) in [5, 5.41) is 0. The van der Waals surface area contributed by atoms with Crippen LogP contribution in [0, 0.1) is 6.92 Å². The monoisotopic (exact) mass is 291 g/mol. The average molecular weight is 292 g/mol. The highest BCUT2D eigenvalue weighted by Crippen LogP contribution is 2.27. The Morgan fingerprint density at radius 2 is 1.82 bits per heavy atom. The zero-order valence-electron chi connectivity index (χ0n) is 9.61. The van der Waals surface area contributed by atoms with Crippen LogP contribution in [0.25, 0.3) is 0 Å². The third-order valence-electron chi connectivity index (χ3n) is 2.53. The minimum absolute atomic E-state index is 0.525. The van der Waals surface area contributed by atoms with Crippen molar-refractivity contribution in [1.29, 1.82) is 0 Å². The molecule has 0 aliphatic carbocycles. The first-order chi connectivity index (χ1) is 8.19. The van der Waals surface area contributed by atoms with Crippen LogP contribution in [0.4, 0.5) is 0 Å². The minimum Gasteiger partial charge on any atom is -0.457 e. The Hall–Kier alpha value is -1.32. The molecule has 0 aromatic heterocycles. The van der Waals surface area contributed by atoms with Crippen LogP contribution in [0.5, 0.6) is 11.5 Å². The lowest BCUT2D eigenvalue weighted by atomic mass is 10.1. The number of aryl methyl sites for hydroxylation is 1. The molecule has 2 rings (SSSR count). The van der Waals surface area contributed by atoms with Crippen molar-refractivity contribution < 1.29 is 4.74 Å². The fourth-order valence-electron chi connectivity index (χ4n) is 1.51. The van der Waals surface area contributed by atoms with Gasteiger partial charge in [0.15, 0.2) is 0 Å². The van der Waals surface area contributed by atoms with Crippen LogP contribution in [0.15, 0.2) is 46.9 Å². The van der Waals surface area contributed by atoms with Gasteiger partial charge in [0, 0.05) is 11.0 Å². The fraction of sp³-hybridized carbons (Fsp3) is 0.143. The molecule has 3 heteroatoms. The van der Waals surface area contributed by atoms with E-state index >= 15 is 0 Å². The highest BCUT2D eigenvalue weighted by molar-refractivity contribution is 9.10. The Labute approximate surface area is 110 Å². The van der Waals surface area contributed by atoms with Crippen molar-refractivity contribution in [3.8, 4) is 11.5 Å². The number of nitrogens with two attached hydrogens (primary N) is 1. The molecule has 0 bridgehead atoms. The molecular formula is C14H14BrNO. The topological polar surface area (TPSA) is 35.2 Å². The van der Waals surface area contributed by atoms with Crippen LogP contribution in [0.2, 0.25) is 0 Å². The molecule has 0 aliphatic heterocycles. The number of halogens is 1. The van der Waals surface area contributed by atoms with Gasteiger partial charge in [-0.25, -0.2) is 0 Å². The van der Waals surface area contributed by atoms with E-state index in [0.29, 0.717) is 6.54 Å². The highest BCUT2D eigenvalue weighted by Gasteiger charge is 2.02. The molecule has 17 heavy (non-hydrogen) atoms. The van der Waals surface area contributed by atoms with Gasteiger partial charge in [-0.2, -0.15) is 0 Å². The maximum absolute atomic E-state index is 5.83. The fourth-order valence-corrected chi connectivity index (χ4v) is 1.78. The van der Waals surface area contributed by atoms with Gasteiger partial charge in [0.1, 0.15) is 11.5 Å². The van der Waals surface area contributed by atoms with Crippen LogP contribution in [-0.2, 0) is 6.54 Å². The van der Waals surface area contributed by atoms with Gasteiger partial charge in [0.2, 0.25) is 0 Å². The van der Waals surface area contributed by atoms with Gasteiger partial charge in [-0.15, -0.1) is 0 Å². The third kappa shape index (κ3) is 3.08. The molecule has 88 valence electrons. The van der Waals surface area contributed by atoms with Gasteiger partial charge in [0.25, 0.3) is 0 Å². The molecule has 0 saturated carbocycles. The summed E-state index contributed by atoms with van der Waals surface area (Å²) in [6.07, 6.45) is 0. The lowest BCUT2D eigenvalue weighted by molar-refractivity contribution is 0.478. The van der Waals surface area contributed by atoms with Crippen molar-refractivity contribution >= 4 is 15.9 Å². The van der Waals surface area contributed by atoms with Gasteiger partial charge >= 0.3 is 0 Å². The van der Waals surface area contributed by atoms with Gasteiger partial charge in [-0.1, -0.05) is 28.1 Å². The Morgan fingerprint density at radius 3 is 2.47 bits per heavy atom. The number of hydrogen-bond donors (Lipinski definition) is 1. The molecule has 2 aromatic rings. The molecule has 0 atom stereocenters. The van der Waals surface area contributed by atoms with Crippen molar-refractivity contribution in [2.24, 2.45) is 5.73 Å². The summed E-state index contributed by atoms with van der Waals surface area (Å²) in [5.74, 6) is 1.68. The molecule has 0 fully saturated rings. The lowest BCUT2D eigenvalue weighted by Gasteiger charge is -2.10. The summed E-state index contributed by atoms with van der Waals surface area (Å²) in [4.78, 5) is 0. The van der Waals surface area contributed by atoms with Crippen molar-refractivity contribution in [3.05, 3.63) is 58.1 Å². The van der Waals surface area contributed by atoms with Gasteiger partial charge in [0.05, 0.1) is 0 Å². The Bertz CT molecular complexity index is 508. The van der Waals surface area contributed by atoms with Crippen molar-refractivity contribution in [2.45, 2.75) is 13.5 Å². The van der Waals surface area contributed by atoms with Crippen molar-refractivity contribution in [2.75, 3.05) is 0 Å². The number of ether oxygens (including phenoxy) is 1. The van der Waals surface area contributed by atoms with Crippen LogP contribution in [0.3, 0.4) is 0 Å². The molecule has 0 aliphatic rings. The number of hydrogen-bond acceptors (Lipinski definition) is 2.